The third-order valence-electron chi connectivity index (χ3n) is 6.50. The number of hydrogen-bond donors (Lipinski definition) is 0. The number of benzene rings is 2. The maximum absolute atomic E-state index is 4.27. The average Bonchev–Trinajstić information content (AvgIpc) is 3.37. The van der Waals surface area contributed by atoms with Crippen LogP contribution in [0.25, 0.3) is 43.9 Å². The van der Waals surface area contributed by atoms with Gasteiger partial charge in [-0.3, -0.25) is 4.98 Å². The van der Waals surface area contributed by atoms with Gasteiger partial charge in [-0.2, -0.15) is 0 Å². The molecule has 2 aromatic carbocycles. The minimum absolute atomic E-state index is 1.05. The Kier molecular flexibility index (Phi) is 4.50. The highest BCUT2D eigenvalue weighted by atomic mass is 32.1. The number of thiophene rings is 1. The Hall–Kier alpha value is -3.17. The molecule has 3 heteroatoms. The van der Waals surface area contributed by atoms with Crippen LogP contribution in [0.3, 0.4) is 0 Å². The fraction of sp³-hybridized carbons (Fsp3) is 0.179. The van der Waals surface area contributed by atoms with Gasteiger partial charge in [0.25, 0.3) is 0 Å². The Balaban J connectivity index is 1.84. The van der Waals surface area contributed by atoms with E-state index in [9.17, 15) is 0 Å². The minimum atomic E-state index is 1.05. The Bertz CT molecular complexity index is 1440. The fourth-order valence-electron chi connectivity index (χ4n) is 5.07. The molecule has 0 aliphatic heterocycles. The molecule has 152 valence electrons. The van der Waals surface area contributed by atoms with Gasteiger partial charge in [0.05, 0.1) is 5.52 Å². The monoisotopic (exact) mass is 420 g/mol. The highest BCUT2D eigenvalue weighted by molar-refractivity contribution is 7.13. The second kappa shape index (κ2) is 7.51. The molecule has 0 N–H and O–H groups in total. The first-order chi connectivity index (χ1) is 15.4. The zero-order valence-electron chi connectivity index (χ0n) is 17.6. The lowest BCUT2D eigenvalue weighted by Crippen LogP contribution is -1.99. The number of fused-ring (bicyclic) bond motifs is 6. The van der Waals surface area contributed by atoms with Gasteiger partial charge in [-0.1, -0.05) is 43.3 Å². The summed E-state index contributed by atoms with van der Waals surface area (Å²) in [4.78, 5) is 5.66. The van der Waals surface area contributed by atoms with E-state index in [0.29, 0.717) is 0 Å². The van der Waals surface area contributed by atoms with Crippen molar-refractivity contribution in [3.63, 3.8) is 0 Å². The van der Waals surface area contributed by atoms with Crippen LogP contribution in [0.15, 0.2) is 72.5 Å². The van der Waals surface area contributed by atoms with Crippen LogP contribution in [0.5, 0.6) is 0 Å². The molecule has 3 aromatic heterocycles. The van der Waals surface area contributed by atoms with Crippen LogP contribution in [-0.4, -0.2) is 9.55 Å². The topological polar surface area (TPSA) is 17.8 Å². The average molecular weight is 421 g/mol. The van der Waals surface area contributed by atoms with E-state index >= 15 is 0 Å². The van der Waals surface area contributed by atoms with Crippen LogP contribution in [0.4, 0.5) is 0 Å². The lowest BCUT2D eigenvalue weighted by Gasteiger charge is -2.15. The van der Waals surface area contributed by atoms with Crippen molar-refractivity contribution < 1.29 is 0 Å². The van der Waals surface area contributed by atoms with E-state index in [4.69, 9.17) is 0 Å². The highest BCUT2D eigenvalue weighted by Crippen LogP contribution is 2.45. The van der Waals surface area contributed by atoms with E-state index in [1.165, 1.54) is 60.9 Å². The summed E-state index contributed by atoms with van der Waals surface area (Å²) < 4.78 is 2.41. The minimum Gasteiger partial charge on any atom is -0.315 e. The zero-order chi connectivity index (χ0) is 20.8. The maximum Gasteiger partial charge on any atom is 0.0579 e. The molecule has 0 saturated carbocycles. The molecule has 3 heterocycles. The van der Waals surface area contributed by atoms with E-state index in [0.717, 1.165) is 19.3 Å². The summed E-state index contributed by atoms with van der Waals surface area (Å²) in [5.74, 6) is 0. The molecule has 31 heavy (non-hydrogen) atoms. The summed E-state index contributed by atoms with van der Waals surface area (Å²) in [6, 6.07) is 15.5. The van der Waals surface area contributed by atoms with Crippen molar-refractivity contribution in [3.05, 3.63) is 89.2 Å². The lowest BCUT2D eigenvalue weighted by molar-refractivity contribution is 0.853. The molecule has 1 aliphatic carbocycles. The predicted molar refractivity (Wildman–Crippen MR) is 133 cm³/mol. The Morgan fingerprint density at radius 2 is 1.87 bits per heavy atom. The Morgan fingerprint density at radius 1 is 1.03 bits per heavy atom. The maximum atomic E-state index is 4.27. The molecular formula is C28H24N2S. The molecule has 0 radical (unpaired) electrons. The van der Waals surface area contributed by atoms with Gasteiger partial charge in [0.2, 0.25) is 0 Å². The van der Waals surface area contributed by atoms with Gasteiger partial charge in [-0.15, -0.1) is 11.3 Å². The van der Waals surface area contributed by atoms with Gasteiger partial charge in [-0.05, 0) is 76.7 Å². The zero-order valence-corrected chi connectivity index (χ0v) is 18.5. The van der Waals surface area contributed by atoms with Gasteiger partial charge < -0.3 is 4.57 Å². The third-order valence-corrected chi connectivity index (χ3v) is 7.49. The third kappa shape index (κ3) is 2.88. The number of aromatic nitrogens is 2. The molecule has 2 nitrogen and oxygen atoms in total. The van der Waals surface area contributed by atoms with Crippen molar-refractivity contribution >= 4 is 39.1 Å². The quantitative estimate of drug-likeness (QED) is 0.291. The Labute approximate surface area is 186 Å². The van der Waals surface area contributed by atoms with Crippen molar-refractivity contribution in [2.24, 2.45) is 0 Å². The normalized spacial score (nSPS) is 13.6. The second-order valence-electron chi connectivity index (χ2n) is 8.20. The number of hydrogen-bond acceptors (Lipinski definition) is 2. The van der Waals surface area contributed by atoms with Crippen LogP contribution in [0.2, 0.25) is 0 Å². The molecule has 0 spiro atoms. The van der Waals surface area contributed by atoms with Gasteiger partial charge in [-0.25, -0.2) is 0 Å². The van der Waals surface area contributed by atoms with Crippen molar-refractivity contribution in [3.8, 4) is 16.1 Å². The highest BCUT2D eigenvalue weighted by Gasteiger charge is 2.23. The molecule has 0 atom stereocenters. The molecular weight excluding hydrogens is 396 g/mol. The van der Waals surface area contributed by atoms with Gasteiger partial charge >= 0.3 is 0 Å². The van der Waals surface area contributed by atoms with Crippen molar-refractivity contribution in [1.82, 2.24) is 9.55 Å². The number of rotatable bonds is 3. The van der Waals surface area contributed by atoms with Crippen LogP contribution >= 0.6 is 11.3 Å². The largest absolute Gasteiger partial charge is 0.315 e. The summed E-state index contributed by atoms with van der Waals surface area (Å²) >= 11 is 1.86. The smallest absolute Gasteiger partial charge is 0.0579 e. The molecule has 0 fully saturated rings. The van der Waals surface area contributed by atoms with E-state index < -0.39 is 0 Å². The van der Waals surface area contributed by atoms with Gasteiger partial charge in [0.15, 0.2) is 0 Å². The van der Waals surface area contributed by atoms with Crippen LogP contribution in [0.1, 0.15) is 36.5 Å². The summed E-state index contributed by atoms with van der Waals surface area (Å²) in [7, 11) is 0. The summed E-state index contributed by atoms with van der Waals surface area (Å²) in [6.07, 6.45) is 15.3. The summed E-state index contributed by atoms with van der Waals surface area (Å²) in [5, 5.41) is 6.34. The first-order valence-corrected chi connectivity index (χ1v) is 12.0. The predicted octanol–water partition coefficient (Wildman–Crippen LogP) is 7.82. The molecule has 0 saturated heterocycles. The van der Waals surface area contributed by atoms with Gasteiger partial charge in [0.1, 0.15) is 0 Å². The first kappa shape index (κ1) is 18.6. The van der Waals surface area contributed by atoms with Crippen LogP contribution in [0, 0.1) is 0 Å². The van der Waals surface area contributed by atoms with E-state index in [1.807, 2.05) is 23.7 Å². The number of nitrogens with zero attached hydrogens (tertiary/aromatic N) is 2. The Morgan fingerprint density at radius 3 is 2.71 bits per heavy atom. The number of pyridine rings is 1. The van der Waals surface area contributed by atoms with Crippen LogP contribution in [-0.2, 0) is 12.8 Å². The standard InChI is InChI=1S/C28H24N2S/c1-2-19-14-17-31-28(19)25-18-30(20-12-15-29-16-13-20)27-24-11-5-3-4-8-22(24)21-9-6-7-10-23(21)26(25)27/h4,6-10,12-18H,2-3,5,11H2,1H3. The number of aryl methyl sites for hydroxylation is 2. The molecule has 5 aromatic rings. The molecule has 0 amide bonds. The fourth-order valence-corrected chi connectivity index (χ4v) is 6.09. The SMILES string of the molecule is CCc1ccsc1-c1cn(-c2ccncc2)c2c3c(c4ccccc4c12)C=CCCC3. The lowest BCUT2D eigenvalue weighted by atomic mass is 9.91. The van der Waals surface area contributed by atoms with Crippen molar-refractivity contribution in [2.45, 2.75) is 32.6 Å². The first-order valence-electron chi connectivity index (χ1n) is 11.1. The van der Waals surface area contributed by atoms with Gasteiger partial charge in [0, 0.05) is 40.1 Å². The summed E-state index contributed by atoms with van der Waals surface area (Å²) in [5.41, 5.74) is 8.18. The van der Waals surface area contributed by atoms with Crippen molar-refractivity contribution in [2.75, 3.05) is 0 Å². The molecule has 0 unspecified atom stereocenters. The molecule has 0 bridgehead atoms. The van der Waals surface area contributed by atoms with E-state index in [1.54, 1.807) is 0 Å². The number of allylic oxidation sites excluding steroid dienone is 1. The van der Waals surface area contributed by atoms with E-state index in [2.05, 4.69) is 82.7 Å². The van der Waals surface area contributed by atoms with Crippen molar-refractivity contribution in [1.29, 1.82) is 0 Å². The summed E-state index contributed by atoms with van der Waals surface area (Å²) in [6.45, 7) is 2.25. The molecule has 1 aliphatic rings. The second-order valence-corrected chi connectivity index (χ2v) is 9.12. The van der Waals surface area contributed by atoms with Crippen LogP contribution < -0.4 is 0 Å². The molecule has 6 rings (SSSR count). The van der Waals surface area contributed by atoms with E-state index in [-0.39, 0.29) is 0 Å².